The molecule has 1 aromatic carbocycles. The van der Waals surface area contributed by atoms with E-state index in [1.807, 2.05) is 25.1 Å². The number of nitrogens with zero attached hydrogens (tertiary/aromatic N) is 3. The van der Waals surface area contributed by atoms with Crippen LogP contribution in [-0.2, 0) is 0 Å². The molecule has 15 heteroatoms. The van der Waals surface area contributed by atoms with Gasteiger partial charge in [-0.3, -0.25) is 4.79 Å². The number of carboxylic acids is 1. The van der Waals surface area contributed by atoms with Crippen molar-refractivity contribution in [3.63, 3.8) is 0 Å². The number of aliphatic hydroxyl groups is 1. The highest BCUT2D eigenvalue weighted by Crippen LogP contribution is 2.26. The van der Waals surface area contributed by atoms with Crippen molar-refractivity contribution in [3.05, 3.63) is 62.9 Å². The molecule has 5 N–H and O–H groups in total. The SMILES string of the molecule is CCCNc1cc(Nc2ccc3ncsc3c2)ncc1C(=O)NC[C@@H](F)C(C)(C)O.C[Si](C)(C)c1c(Br)ncc(C(=O)O)c1Cl. The third-order valence-corrected chi connectivity index (χ3v) is 10.8. The van der Waals surface area contributed by atoms with Gasteiger partial charge in [0.1, 0.15) is 16.6 Å². The third kappa shape index (κ3) is 9.91. The number of carbonyl (C=O) groups excluding carboxylic acids is 1. The first kappa shape index (κ1) is 36.3. The number of thiazole rings is 1. The fraction of sp³-hybridized carbons (Fsp3) is 0.367. The van der Waals surface area contributed by atoms with Crippen molar-refractivity contribution in [2.45, 2.75) is 58.6 Å². The van der Waals surface area contributed by atoms with Crippen molar-refractivity contribution in [2.24, 2.45) is 0 Å². The van der Waals surface area contributed by atoms with E-state index >= 15 is 0 Å². The number of nitrogens with one attached hydrogen (secondary N) is 3. The molecule has 0 saturated heterocycles. The number of hydrogen-bond acceptors (Lipinski definition) is 9. The Morgan fingerprint density at radius 2 is 1.82 bits per heavy atom. The number of rotatable bonds is 11. The molecule has 0 saturated carbocycles. The maximum absolute atomic E-state index is 14.0. The predicted molar refractivity (Wildman–Crippen MR) is 186 cm³/mol. The van der Waals surface area contributed by atoms with E-state index in [9.17, 15) is 19.1 Å². The fourth-order valence-electron chi connectivity index (χ4n) is 3.97. The zero-order valence-corrected chi connectivity index (χ0v) is 30.0. The summed E-state index contributed by atoms with van der Waals surface area (Å²) in [6.45, 7) is 11.4. The molecule has 1 amide bonds. The normalized spacial score (nSPS) is 12.2. The van der Waals surface area contributed by atoms with Gasteiger partial charge in [0, 0.05) is 30.7 Å². The molecule has 3 heterocycles. The molecule has 45 heavy (non-hydrogen) atoms. The van der Waals surface area contributed by atoms with Gasteiger partial charge in [0.05, 0.1) is 57.8 Å². The molecule has 3 aromatic heterocycles. The lowest BCUT2D eigenvalue weighted by atomic mass is 10.0. The molecule has 0 unspecified atom stereocenters. The van der Waals surface area contributed by atoms with Gasteiger partial charge >= 0.3 is 5.97 Å². The summed E-state index contributed by atoms with van der Waals surface area (Å²) in [5.41, 5.74) is 3.06. The Morgan fingerprint density at radius 3 is 2.44 bits per heavy atom. The lowest BCUT2D eigenvalue weighted by Gasteiger charge is -2.22. The largest absolute Gasteiger partial charge is 0.478 e. The molecule has 10 nitrogen and oxygen atoms in total. The van der Waals surface area contributed by atoms with Gasteiger partial charge in [-0.25, -0.2) is 24.1 Å². The van der Waals surface area contributed by atoms with Crippen LogP contribution >= 0.6 is 38.9 Å². The van der Waals surface area contributed by atoms with E-state index in [0.717, 1.165) is 27.5 Å². The van der Waals surface area contributed by atoms with E-state index < -0.39 is 31.7 Å². The molecule has 0 bridgehead atoms. The van der Waals surface area contributed by atoms with Crippen LogP contribution in [0.15, 0.2) is 46.8 Å². The molecular weight excluding hydrogens is 703 g/mol. The number of pyridine rings is 2. The Kier molecular flexibility index (Phi) is 12.4. The van der Waals surface area contributed by atoms with Crippen LogP contribution in [0.1, 0.15) is 47.9 Å². The molecule has 1 atom stereocenters. The van der Waals surface area contributed by atoms with Gasteiger partial charge in [-0.15, -0.1) is 11.3 Å². The highest BCUT2D eigenvalue weighted by molar-refractivity contribution is 9.10. The standard InChI is InChI=1S/C21H26FN5O2S.C9H11BrClNO2Si/c1-4-7-23-16-9-19(27-13-5-6-15-17(8-13)30-12-26-15)24-10-14(16)20(28)25-11-18(22)21(2,3)29;1-15(2,3)7-6(11)5(9(13)14)4-12-8(7)10/h5-6,8-10,12,18,29H,4,7,11H2,1-3H3,(H,25,28)(H2,23,24,27);4H,1-3H3,(H,13,14)/t18-;/m1./s1. The second-order valence-corrected chi connectivity index (χ2v) is 18.8. The zero-order valence-electron chi connectivity index (χ0n) is 25.8. The minimum absolute atomic E-state index is 0.0669. The van der Waals surface area contributed by atoms with Crippen LogP contribution in [0.3, 0.4) is 0 Å². The molecule has 4 aromatic rings. The molecule has 0 fully saturated rings. The lowest BCUT2D eigenvalue weighted by molar-refractivity contribution is -0.00178. The second-order valence-electron chi connectivity index (χ2n) is 11.7. The van der Waals surface area contributed by atoms with Crippen molar-refractivity contribution >= 4 is 91.4 Å². The number of carbonyl (C=O) groups is 2. The minimum Gasteiger partial charge on any atom is -0.478 e. The van der Waals surface area contributed by atoms with Crippen molar-refractivity contribution < 1.29 is 24.2 Å². The number of anilines is 3. The van der Waals surface area contributed by atoms with Crippen molar-refractivity contribution in [3.8, 4) is 0 Å². The summed E-state index contributed by atoms with van der Waals surface area (Å²) in [5.74, 6) is -0.918. The van der Waals surface area contributed by atoms with E-state index in [-0.39, 0.29) is 12.1 Å². The average Bonchev–Trinajstić information content (AvgIpc) is 3.41. The maximum atomic E-state index is 14.0. The van der Waals surface area contributed by atoms with Crippen molar-refractivity contribution in [2.75, 3.05) is 23.7 Å². The number of aromatic nitrogens is 3. The zero-order chi connectivity index (χ0) is 33.5. The van der Waals surface area contributed by atoms with Gasteiger partial charge in [-0.1, -0.05) is 38.2 Å². The number of carboxylic acid groups (broad SMARTS) is 1. The first-order chi connectivity index (χ1) is 21.0. The summed E-state index contributed by atoms with van der Waals surface area (Å²) in [6, 6.07) is 7.60. The van der Waals surface area contributed by atoms with Crippen LogP contribution in [0.2, 0.25) is 24.7 Å². The smallest absolute Gasteiger partial charge is 0.338 e. The lowest BCUT2D eigenvalue weighted by Crippen LogP contribution is -2.42. The molecule has 242 valence electrons. The van der Waals surface area contributed by atoms with E-state index in [0.29, 0.717) is 33.2 Å². The third-order valence-electron chi connectivity index (χ3n) is 6.48. The summed E-state index contributed by atoms with van der Waals surface area (Å²) in [5, 5.41) is 28.8. The van der Waals surface area contributed by atoms with Crippen molar-refractivity contribution in [1.29, 1.82) is 0 Å². The first-order valence-electron chi connectivity index (χ1n) is 14.1. The number of alkyl halides is 1. The number of amides is 1. The summed E-state index contributed by atoms with van der Waals surface area (Å²) in [7, 11) is -1.70. The molecule has 0 spiro atoms. The van der Waals surface area contributed by atoms with Gasteiger partial charge in [-0.2, -0.15) is 0 Å². The monoisotopic (exact) mass is 738 g/mol. The molecule has 0 aliphatic rings. The number of aromatic carboxylic acids is 1. The number of halogens is 3. The van der Waals surface area contributed by atoms with E-state index in [1.54, 1.807) is 22.9 Å². The Bertz CT molecular complexity index is 1660. The molecule has 0 radical (unpaired) electrons. The van der Waals surface area contributed by atoms with E-state index in [4.69, 9.17) is 16.7 Å². The Balaban J connectivity index is 0.000000309. The van der Waals surface area contributed by atoms with Gasteiger partial charge in [0.15, 0.2) is 0 Å². The summed E-state index contributed by atoms with van der Waals surface area (Å²) in [6.07, 6.45) is 2.03. The Morgan fingerprint density at radius 1 is 1.13 bits per heavy atom. The summed E-state index contributed by atoms with van der Waals surface area (Å²) in [4.78, 5) is 36.1. The van der Waals surface area contributed by atoms with Crippen molar-refractivity contribution in [1.82, 2.24) is 20.3 Å². The number of benzene rings is 1. The Hall–Kier alpha value is -3.17. The summed E-state index contributed by atoms with van der Waals surface area (Å²) >= 11 is 10.9. The highest BCUT2D eigenvalue weighted by Gasteiger charge is 2.28. The first-order valence-corrected chi connectivity index (χ1v) is 19.6. The van der Waals surface area contributed by atoms with Crippen LogP contribution in [-0.4, -0.2) is 70.0 Å². The van der Waals surface area contributed by atoms with E-state index in [2.05, 4.69) is 66.5 Å². The minimum atomic E-state index is -1.70. The van der Waals surface area contributed by atoms with Crippen LogP contribution in [0, 0.1) is 0 Å². The maximum Gasteiger partial charge on any atom is 0.338 e. The van der Waals surface area contributed by atoms with Crippen LogP contribution in [0.25, 0.3) is 10.2 Å². The van der Waals surface area contributed by atoms with Crippen LogP contribution in [0.4, 0.5) is 21.6 Å². The van der Waals surface area contributed by atoms with Gasteiger partial charge in [0.25, 0.3) is 5.91 Å². The average molecular weight is 740 g/mol. The molecular formula is C30H37BrClFN6O4SSi. The fourth-order valence-corrected chi connectivity index (χ4v) is 9.44. The highest BCUT2D eigenvalue weighted by atomic mass is 79.9. The van der Waals surface area contributed by atoms with Gasteiger partial charge in [-0.05, 0) is 59.6 Å². The topological polar surface area (TPSA) is 149 Å². The number of fused-ring (bicyclic) bond motifs is 1. The molecule has 0 aliphatic carbocycles. The summed E-state index contributed by atoms with van der Waals surface area (Å²) < 4.78 is 15.7. The predicted octanol–water partition coefficient (Wildman–Crippen LogP) is 6.84. The van der Waals surface area contributed by atoms with Gasteiger partial charge < -0.3 is 26.2 Å². The number of hydrogen-bond donors (Lipinski definition) is 5. The molecule has 4 rings (SSSR count). The van der Waals surface area contributed by atoms with E-state index in [1.165, 1.54) is 26.2 Å². The quantitative estimate of drug-likeness (QED) is 0.0824. The Labute approximate surface area is 280 Å². The molecule has 0 aliphatic heterocycles. The second kappa shape index (κ2) is 15.4. The van der Waals surface area contributed by atoms with Crippen LogP contribution < -0.4 is 21.1 Å². The van der Waals surface area contributed by atoms with Crippen LogP contribution in [0.5, 0.6) is 0 Å². The van der Waals surface area contributed by atoms with Gasteiger partial charge in [0.2, 0.25) is 0 Å².